The molecule has 2 aromatic carbocycles. The Morgan fingerprint density at radius 2 is 1.91 bits per heavy atom. The molecule has 174 valence electrons. The van der Waals surface area contributed by atoms with Crippen molar-refractivity contribution in [3.05, 3.63) is 52.0 Å². The Labute approximate surface area is 193 Å². The molecular weight excluding hydrogens is 492 g/mol. The summed E-state index contributed by atoms with van der Waals surface area (Å²) in [6, 6.07) is 7.24. The van der Waals surface area contributed by atoms with Crippen molar-refractivity contribution in [2.45, 2.75) is 23.9 Å². The topological polar surface area (TPSA) is 75.7 Å². The first-order chi connectivity index (χ1) is 14.9. The van der Waals surface area contributed by atoms with Gasteiger partial charge in [-0.05, 0) is 49.2 Å². The fraction of sp³-hybridized carbons (Fsp3) is 0.350. The average molecular weight is 511 g/mol. The van der Waals surface area contributed by atoms with Crippen LogP contribution in [0.4, 0.5) is 18.9 Å². The van der Waals surface area contributed by atoms with Crippen molar-refractivity contribution in [2.24, 2.45) is 5.92 Å². The van der Waals surface area contributed by atoms with Crippen LogP contribution in [0.25, 0.3) is 0 Å². The van der Waals surface area contributed by atoms with Crippen molar-refractivity contribution in [1.82, 2.24) is 4.31 Å². The number of methoxy groups -OCH3 is 1. The van der Waals surface area contributed by atoms with Crippen LogP contribution in [0.2, 0.25) is 10.0 Å². The van der Waals surface area contributed by atoms with Crippen LogP contribution in [0.3, 0.4) is 0 Å². The van der Waals surface area contributed by atoms with Gasteiger partial charge in [-0.3, -0.25) is 4.79 Å². The fourth-order valence-electron chi connectivity index (χ4n) is 3.43. The van der Waals surface area contributed by atoms with Crippen LogP contribution in [0, 0.1) is 5.92 Å². The number of benzene rings is 2. The molecule has 1 heterocycles. The Morgan fingerprint density at radius 1 is 1.19 bits per heavy atom. The Bertz CT molecular complexity index is 1130. The quantitative estimate of drug-likeness (QED) is 0.609. The first-order valence-electron chi connectivity index (χ1n) is 9.45. The van der Waals surface area contributed by atoms with E-state index in [0.717, 1.165) is 16.4 Å². The average Bonchev–Trinajstić information content (AvgIpc) is 2.74. The van der Waals surface area contributed by atoms with E-state index in [9.17, 15) is 26.4 Å². The molecule has 1 fully saturated rings. The van der Waals surface area contributed by atoms with E-state index in [2.05, 4.69) is 5.32 Å². The van der Waals surface area contributed by atoms with E-state index >= 15 is 0 Å². The number of nitrogens with zero attached hydrogens (tertiary/aromatic N) is 1. The molecule has 1 aliphatic rings. The number of carbonyl (C=O) groups is 1. The highest BCUT2D eigenvalue weighted by Gasteiger charge is 2.36. The van der Waals surface area contributed by atoms with Crippen molar-refractivity contribution in [3.63, 3.8) is 0 Å². The molecule has 2 aromatic rings. The molecule has 0 aromatic heterocycles. The minimum absolute atomic E-state index is 0.0804. The van der Waals surface area contributed by atoms with Crippen LogP contribution in [-0.2, 0) is 21.0 Å². The van der Waals surface area contributed by atoms with Gasteiger partial charge in [0.15, 0.2) is 0 Å². The third kappa shape index (κ3) is 5.31. The van der Waals surface area contributed by atoms with Gasteiger partial charge in [0.2, 0.25) is 15.9 Å². The van der Waals surface area contributed by atoms with E-state index < -0.39 is 38.6 Å². The maximum Gasteiger partial charge on any atom is 0.417 e. The summed E-state index contributed by atoms with van der Waals surface area (Å²) in [6.07, 6.45) is -3.90. The SMILES string of the molecule is COc1ccc(Cl)cc1S(=O)(=O)N1CCC[C@H](C(=O)Nc2ccc(Cl)c(C(F)(F)F)c2)C1. The Kier molecular flexibility index (Phi) is 7.28. The summed E-state index contributed by atoms with van der Waals surface area (Å²) in [4.78, 5) is 12.6. The fourth-order valence-corrected chi connectivity index (χ4v) is 5.60. The predicted octanol–water partition coefficient (Wildman–Crippen LogP) is 5.06. The van der Waals surface area contributed by atoms with Crippen molar-refractivity contribution in [1.29, 1.82) is 0 Å². The Hall–Kier alpha value is -2.01. The molecule has 0 spiro atoms. The lowest BCUT2D eigenvalue weighted by Gasteiger charge is -2.31. The molecule has 0 bridgehead atoms. The highest BCUT2D eigenvalue weighted by Crippen LogP contribution is 2.37. The number of anilines is 1. The van der Waals surface area contributed by atoms with E-state index in [4.69, 9.17) is 27.9 Å². The predicted molar refractivity (Wildman–Crippen MR) is 115 cm³/mol. The molecule has 0 saturated carbocycles. The third-order valence-electron chi connectivity index (χ3n) is 5.04. The molecule has 1 amide bonds. The minimum Gasteiger partial charge on any atom is -0.495 e. The number of halogens is 5. The number of ether oxygens (including phenoxy) is 1. The molecule has 1 saturated heterocycles. The van der Waals surface area contributed by atoms with Crippen LogP contribution >= 0.6 is 23.2 Å². The van der Waals surface area contributed by atoms with Crippen molar-refractivity contribution >= 4 is 44.8 Å². The third-order valence-corrected chi connectivity index (χ3v) is 7.49. The zero-order valence-electron chi connectivity index (χ0n) is 16.7. The lowest BCUT2D eigenvalue weighted by atomic mass is 9.98. The lowest BCUT2D eigenvalue weighted by molar-refractivity contribution is -0.137. The number of amides is 1. The van der Waals surface area contributed by atoms with Crippen LogP contribution < -0.4 is 10.1 Å². The van der Waals surface area contributed by atoms with Gasteiger partial charge in [-0.25, -0.2) is 8.42 Å². The zero-order chi connectivity index (χ0) is 23.7. The van der Waals surface area contributed by atoms with Gasteiger partial charge in [0, 0.05) is 23.8 Å². The van der Waals surface area contributed by atoms with Gasteiger partial charge in [-0.2, -0.15) is 17.5 Å². The molecule has 0 unspecified atom stereocenters. The second-order valence-electron chi connectivity index (χ2n) is 7.18. The highest BCUT2D eigenvalue weighted by molar-refractivity contribution is 7.89. The number of piperidine rings is 1. The molecule has 0 aliphatic carbocycles. The number of carbonyl (C=O) groups excluding carboxylic acids is 1. The monoisotopic (exact) mass is 510 g/mol. The molecule has 1 aliphatic heterocycles. The van der Waals surface area contributed by atoms with Gasteiger partial charge in [0.25, 0.3) is 0 Å². The molecule has 12 heteroatoms. The molecule has 3 rings (SSSR count). The Morgan fingerprint density at radius 3 is 2.56 bits per heavy atom. The van der Waals surface area contributed by atoms with Gasteiger partial charge < -0.3 is 10.1 Å². The number of nitrogens with one attached hydrogen (secondary N) is 1. The van der Waals surface area contributed by atoms with Gasteiger partial charge in [0.05, 0.1) is 23.6 Å². The standard InChI is InChI=1S/C20H19Cl2F3N2O4S/c1-31-17-7-4-13(21)9-18(17)32(29,30)27-8-2-3-12(11-27)19(28)26-14-5-6-16(22)15(10-14)20(23,24)25/h4-7,9-10,12H,2-3,8,11H2,1H3,(H,26,28)/t12-/m0/s1. The van der Waals surface area contributed by atoms with E-state index in [1.54, 1.807) is 0 Å². The Balaban J connectivity index is 1.79. The first kappa shape index (κ1) is 24.6. The summed E-state index contributed by atoms with van der Waals surface area (Å²) in [5, 5.41) is 2.15. The number of rotatable bonds is 5. The summed E-state index contributed by atoms with van der Waals surface area (Å²) in [5.41, 5.74) is -1.15. The van der Waals surface area contributed by atoms with Gasteiger partial charge in [-0.1, -0.05) is 23.2 Å². The number of sulfonamides is 1. The maximum atomic E-state index is 13.2. The van der Waals surface area contributed by atoms with Gasteiger partial charge in [-0.15, -0.1) is 0 Å². The summed E-state index contributed by atoms with van der Waals surface area (Å²) in [7, 11) is -2.69. The van der Waals surface area contributed by atoms with Gasteiger partial charge in [0.1, 0.15) is 10.6 Å². The molecule has 6 nitrogen and oxygen atoms in total. The number of hydrogen-bond acceptors (Lipinski definition) is 4. The summed E-state index contributed by atoms with van der Waals surface area (Å²) in [6.45, 7) is 0.0461. The molecule has 1 N–H and O–H groups in total. The molecule has 32 heavy (non-hydrogen) atoms. The van der Waals surface area contributed by atoms with E-state index in [1.807, 2.05) is 0 Å². The molecular formula is C20H19Cl2F3N2O4S. The summed E-state index contributed by atoms with van der Waals surface area (Å²) in [5.74, 6) is -1.23. The van der Waals surface area contributed by atoms with Crippen LogP contribution in [0.5, 0.6) is 5.75 Å². The van der Waals surface area contributed by atoms with Gasteiger partial charge >= 0.3 is 6.18 Å². The second-order valence-corrected chi connectivity index (χ2v) is 9.93. The normalized spacial score (nSPS) is 17.8. The first-order valence-corrected chi connectivity index (χ1v) is 11.6. The smallest absolute Gasteiger partial charge is 0.417 e. The van der Waals surface area contributed by atoms with Crippen LogP contribution in [-0.4, -0.2) is 38.8 Å². The van der Waals surface area contributed by atoms with E-state index in [1.165, 1.54) is 31.4 Å². The zero-order valence-corrected chi connectivity index (χ0v) is 19.1. The largest absolute Gasteiger partial charge is 0.495 e. The minimum atomic E-state index is -4.68. The number of alkyl halides is 3. The maximum absolute atomic E-state index is 13.2. The summed E-state index contributed by atoms with van der Waals surface area (Å²) >= 11 is 11.6. The molecule has 0 radical (unpaired) electrons. The van der Waals surface area contributed by atoms with E-state index in [0.29, 0.717) is 12.8 Å². The molecule has 1 atom stereocenters. The van der Waals surface area contributed by atoms with Crippen LogP contribution in [0.15, 0.2) is 41.3 Å². The lowest BCUT2D eigenvalue weighted by Crippen LogP contribution is -2.43. The van der Waals surface area contributed by atoms with Crippen LogP contribution in [0.1, 0.15) is 18.4 Å². The van der Waals surface area contributed by atoms with E-state index in [-0.39, 0.29) is 34.4 Å². The highest BCUT2D eigenvalue weighted by atomic mass is 35.5. The van der Waals surface area contributed by atoms with Crippen molar-refractivity contribution in [3.8, 4) is 5.75 Å². The number of hydrogen-bond donors (Lipinski definition) is 1. The second kappa shape index (κ2) is 9.46. The summed E-state index contributed by atoms with van der Waals surface area (Å²) < 4.78 is 71.8. The van der Waals surface area contributed by atoms with Crippen molar-refractivity contribution < 1.29 is 31.1 Å². The van der Waals surface area contributed by atoms with Crippen molar-refractivity contribution in [2.75, 3.05) is 25.5 Å².